The molecule has 3 N–H and O–H groups in total. The van der Waals surface area contributed by atoms with Crippen molar-refractivity contribution in [2.75, 3.05) is 24.7 Å². The average Bonchev–Trinajstić information content (AvgIpc) is 2.54. The first kappa shape index (κ1) is 14.1. The third-order valence-corrected chi connectivity index (χ3v) is 3.59. The molecular formula is C15H17N5O2. The van der Waals surface area contributed by atoms with Crippen LogP contribution in [-0.2, 0) is 13.0 Å². The summed E-state index contributed by atoms with van der Waals surface area (Å²) in [5.41, 5.74) is 8.18. The van der Waals surface area contributed by atoms with Crippen LogP contribution in [0.25, 0.3) is 0 Å². The molecule has 0 atom stereocenters. The molecule has 2 amide bonds. The molecular weight excluding hydrogens is 282 g/mol. The first-order valence-corrected chi connectivity index (χ1v) is 6.96. The maximum atomic E-state index is 12.3. The predicted octanol–water partition coefficient (Wildman–Crippen LogP) is 1.66. The van der Waals surface area contributed by atoms with Crippen LogP contribution in [0.5, 0.6) is 5.75 Å². The van der Waals surface area contributed by atoms with Crippen molar-refractivity contribution in [1.29, 1.82) is 0 Å². The lowest BCUT2D eigenvalue weighted by Gasteiger charge is -2.28. The minimum absolute atomic E-state index is 0.159. The minimum atomic E-state index is -0.159. The fraction of sp³-hybridized carbons (Fsp3) is 0.267. The number of nitrogens with zero attached hydrogens (tertiary/aromatic N) is 3. The number of amides is 2. The van der Waals surface area contributed by atoms with E-state index in [9.17, 15) is 4.79 Å². The van der Waals surface area contributed by atoms with Crippen LogP contribution < -0.4 is 15.8 Å². The number of rotatable bonds is 2. The minimum Gasteiger partial charge on any atom is -0.497 e. The van der Waals surface area contributed by atoms with Gasteiger partial charge in [-0.05, 0) is 36.2 Å². The molecule has 114 valence electrons. The van der Waals surface area contributed by atoms with E-state index in [4.69, 9.17) is 10.5 Å². The molecule has 0 saturated carbocycles. The highest BCUT2D eigenvalue weighted by Gasteiger charge is 2.22. The van der Waals surface area contributed by atoms with Crippen molar-refractivity contribution in [2.45, 2.75) is 13.0 Å². The molecule has 1 aromatic carbocycles. The summed E-state index contributed by atoms with van der Waals surface area (Å²) in [4.78, 5) is 22.2. The number of nitrogen functional groups attached to an aromatic ring is 1. The quantitative estimate of drug-likeness (QED) is 0.879. The first-order chi connectivity index (χ1) is 10.7. The lowest BCUT2D eigenvalue weighted by atomic mass is 10.1. The molecule has 0 spiro atoms. The number of methoxy groups -OCH3 is 1. The van der Waals surface area contributed by atoms with E-state index in [1.165, 1.54) is 0 Å². The van der Waals surface area contributed by atoms with Crippen molar-refractivity contribution in [1.82, 2.24) is 14.9 Å². The molecule has 2 aromatic rings. The summed E-state index contributed by atoms with van der Waals surface area (Å²) in [5.74, 6) is 0.980. The third kappa shape index (κ3) is 2.93. The largest absolute Gasteiger partial charge is 0.497 e. The number of hydrogen-bond acceptors (Lipinski definition) is 5. The van der Waals surface area contributed by atoms with Gasteiger partial charge in [-0.1, -0.05) is 0 Å². The van der Waals surface area contributed by atoms with E-state index < -0.39 is 0 Å². The molecule has 1 aromatic heterocycles. The summed E-state index contributed by atoms with van der Waals surface area (Å²) in [6.45, 7) is 1.06. The fourth-order valence-corrected chi connectivity index (χ4v) is 2.37. The number of aromatic nitrogens is 2. The van der Waals surface area contributed by atoms with Crippen LogP contribution in [0.2, 0.25) is 0 Å². The number of anilines is 2. The van der Waals surface area contributed by atoms with Crippen molar-refractivity contribution in [2.24, 2.45) is 0 Å². The molecule has 2 heterocycles. The Bertz CT molecular complexity index is 687. The number of carbonyl (C=O) groups excluding carboxylic acids is 1. The van der Waals surface area contributed by atoms with Crippen LogP contribution >= 0.6 is 0 Å². The molecule has 0 bridgehead atoms. The Balaban J connectivity index is 1.68. The van der Waals surface area contributed by atoms with Gasteiger partial charge in [0.2, 0.25) is 5.95 Å². The van der Waals surface area contributed by atoms with Gasteiger partial charge in [0.05, 0.1) is 19.3 Å². The summed E-state index contributed by atoms with van der Waals surface area (Å²) in [6, 6.07) is 7.04. The molecule has 0 saturated heterocycles. The highest BCUT2D eigenvalue weighted by atomic mass is 16.5. The van der Waals surface area contributed by atoms with Gasteiger partial charge in [-0.25, -0.2) is 14.8 Å². The number of urea groups is 1. The summed E-state index contributed by atoms with van der Waals surface area (Å²) >= 11 is 0. The van der Waals surface area contributed by atoms with E-state index in [2.05, 4.69) is 15.3 Å². The Labute approximate surface area is 128 Å². The molecule has 0 fully saturated rings. The van der Waals surface area contributed by atoms with E-state index >= 15 is 0 Å². The molecule has 0 aliphatic carbocycles. The van der Waals surface area contributed by atoms with Crippen molar-refractivity contribution < 1.29 is 9.53 Å². The highest BCUT2D eigenvalue weighted by Crippen LogP contribution is 2.19. The Morgan fingerprint density at radius 3 is 2.86 bits per heavy atom. The molecule has 3 rings (SSSR count). The standard InChI is InChI=1S/C15H17N5O2/c1-22-12-4-2-11(3-5-12)18-15(21)20-7-6-10-8-17-14(16)19-13(10)9-20/h2-5,8H,6-7,9H2,1H3,(H,18,21)(H2,16,17,19). The average molecular weight is 299 g/mol. The normalized spacial score (nSPS) is 13.4. The second-order valence-corrected chi connectivity index (χ2v) is 5.03. The van der Waals surface area contributed by atoms with Crippen LogP contribution in [0, 0.1) is 0 Å². The second-order valence-electron chi connectivity index (χ2n) is 5.03. The summed E-state index contributed by atoms with van der Waals surface area (Å²) in [6.07, 6.45) is 2.46. The van der Waals surface area contributed by atoms with Gasteiger partial charge in [0.1, 0.15) is 5.75 Å². The van der Waals surface area contributed by atoms with Crippen molar-refractivity contribution in [3.63, 3.8) is 0 Å². The van der Waals surface area contributed by atoms with E-state index in [1.54, 1.807) is 42.5 Å². The Hall–Kier alpha value is -2.83. The van der Waals surface area contributed by atoms with E-state index in [0.29, 0.717) is 13.1 Å². The molecule has 1 aliphatic rings. The van der Waals surface area contributed by atoms with Crippen molar-refractivity contribution >= 4 is 17.7 Å². The van der Waals surface area contributed by atoms with Crippen LogP contribution in [0.15, 0.2) is 30.5 Å². The van der Waals surface area contributed by atoms with Crippen molar-refractivity contribution in [3.05, 3.63) is 41.7 Å². The zero-order valence-electron chi connectivity index (χ0n) is 12.2. The van der Waals surface area contributed by atoms with E-state index in [-0.39, 0.29) is 12.0 Å². The number of nitrogens with two attached hydrogens (primary N) is 1. The Kier molecular flexibility index (Phi) is 3.78. The van der Waals surface area contributed by atoms with Crippen LogP contribution in [0.1, 0.15) is 11.3 Å². The van der Waals surface area contributed by atoms with E-state index in [0.717, 1.165) is 29.1 Å². The first-order valence-electron chi connectivity index (χ1n) is 6.96. The van der Waals surface area contributed by atoms with Gasteiger partial charge in [-0.2, -0.15) is 0 Å². The van der Waals surface area contributed by atoms with Crippen molar-refractivity contribution in [3.8, 4) is 5.75 Å². The van der Waals surface area contributed by atoms with Gasteiger partial charge in [-0.15, -0.1) is 0 Å². The fourth-order valence-electron chi connectivity index (χ4n) is 2.37. The van der Waals surface area contributed by atoms with Crippen LogP contribution in [0.4, 0.5) is 16.4 Å². The van der Waals surface area contributed by atoms with Gasteiger partial charge < -0.3 is 20.7 Å². The number of benzene rings is 1. The topological polar surface area (TPSA) is 93.4 Å². The number of fused-ring (bicyclic) bond motifs is 1. The Morgan fingerprint density at radius 1 is 1.36 bits per heavy atom. The lowest BCUT2D eigenvalue weighted by molar-refractivity contribution is 0.205. The van der Waals surface area contributed by atoms with E-state index in [1.807, 2.05) is 0 Å². The summed E-state index contributed by atoms with van der Waals surface area (Å²) in [7, 11) is 1.60. The number of carbonyl (C=O) groups is 1. The third-order valence-electron chi connectivity index (χ3n) is 3.59. The SMILES string of the molecule is COc1ccc(NC(=O)N2CCc3cnc(N)nc3C2)cc1. The van der Waals surface area contributed by atoms with Gasteiger partial charge in [0, 0.05) is 18.4 Å². The second kappa shape index (κ2) is 5.88. The molecule has 7 heteroatoms. The van der Waals surface area contributed by atoms with Gasteiger partial charge in [0.15, 0.2) is 0 Å². The number of nitrogens with one attached hydrogen (secondary N) is 1. The molecule has 1 aliphatic heterocycles. The molecule has 0 unspecified atom stereocenters. The zero-order valence-corrected chi connectivity index (χ0v) is 12.2. The van der Waals surface area contributed by atoms with Gasteiger partial charge in [-0.3, -0.25) is 0 Å². The van der Waals surface area contributed by atoms with Crippen LogP contribution in [0.3, 0.4) is 0 Å². The van der Waals surface area contributed by atoms with Crippen LogP contribution in [-0.4, -0.2) is 34.6 Å². The molecule has 7 nitrogen and oxygen atoms in total. The smallest absolute Gasteiger partial charge is 0.322 e. The number of hydrogen-bond donors (Lipinski definition) is 2. The highest BCUT2D eigenvalue weighted by molar-refractivity contribution is 5.89. The van der Waals surface area contributed by atoms with Gasteiger partial charge in [0.25, 0.3) is 0 Å². The number of ether oxygens (including phenoxy) is 1. The maximum absolute atomic E-state index is 12.3. The molecule has 0 radical (unpaired) electrons. The zero-order chi connectivity index (χ0) is 15.5. The summed E-state index contributed by atoms with van der Waals surface area (Å²) in [5, 5.41) is 2.87. The van der Waals surface area contributed by atoms with Gasteiger partial charge >= 0.3 is 6.03 Å². The monoisotopic (exact) mass is 299 g/mol. The summed E-state index contributed by atoms with van der Waals surface area (Å²) < 4.78 is 5.09. The molecule has 22 heavy (non-hydrogen) atoms. The predicted molar refractivity (Wildman–Crippen MR) is 82.6 cm³/mol. The maximum Gasteiger partial charge on any atom is 0.322 e. The lowest BCUT2D eigenvalue weighted by Crippen LogP contribution is -2.39. The Morgan fingerprint density at radius 2 is 2.14 bits per heavy atom.